The van der Waals surface area contributed by atoms with E-state index in [1.807, 2.05) is 30.3 Å². The number of nitrogens with one attached hydrogen (secondary N) is 1. The van der Waals surface area contributed by atoms with Crippen molar-refractivity contribution >= 4 is 67.5 Å². The Bertz CT molecular complexity index is 1850. The average Bonchev–Trinajstić information content (AvgIpc) is 3.56. The Morgan fingerprint density at radius 3 is 2.33 bits per heavy atom. The van der Waals surface area contributed by atoms with Crippen LogP contribution in [0.4, 0.5) is 19.0 Å². The number of amides is 1. The minimum absolute atomic E-state index is 0.0551. The Balaban J connectivity index is 0.000000738. The van der Waals surface area contributed by atoms with Gasteiger partial charge in [0.2, 0.25) is 5.91 Å². The van der Waals surface area contributed by atoms with Crippen molar-refractivity contribution in [1.29, 1.82) is 0 Å². The van der Waals surface area contributed by atoms with Gasteiger partial charge in [-0.05, 0) is 35.4 Å². The molecule has 0 aliphatic heterocycles. The van der Waals surface area contributed by atoms with E-state index in [0.29, 0.717) is 27.5 Å². The molecule has 0 bridgehead atoms. The molecule has 0 unspecified atom stereocenters. The molecule has 46 heavy (non-hydrogen) atoms. The molecule has 0 spiro atoms. The molecule has 248 valence electrons. The molecule has 0 radical (unpaired) electrons. The van der Waals surface area contributed by atoms with Crippen LogP contribution < -0.4 is 15.2 Å². The van der Waals surface area contributed by atoms with Gasteiger partial charge >= 0.3 is 18.1 Å². The number of ether oxygens (including phenoxy) is 1. The number of nitrogens with two attached hydrogens (primary N) is 1. The van der Waals surface area contributed by atoms with Gasteiger partial charge in [0.15, 0.2) is 5.82 Å². The summed E-state index contributed by atoms with van der Waals surface area (Å²) in [6.07, 6.45) is -5.54. The number of fused-ring (bicyclic) bond motifs is 1. The van der Waals surface area contributed by atoms with E-state index in [1.54, 1.807) is 23.9 Å². The smallest absolute Gasteiger partial charge is 0.490 e. The van der Waals surface area contributed by atoms with Crippen molar-refractivity contribution < 1.29 is 50.9 Å². The van der Waals surface area contributed by atoms with Crippen LogP contribution in [0.25, 0.3) is 10.9 Å². The number of aromatic nitrogens is 2. The number of carbonyl (C=O) groups is 3. The first-order valence-corrected chi connectivity index (χ1v) is 15.5. The molecular formula is C27H27ClF3N5O8S2. The number of hydrogen-bond acceptors (Lipinski definition) is 9. The lowest BCUT2D eigenvalue weighted by Gasteiger charge is -2.21. The topological polar surface area (TPSA) is 194 Å². The number of benzene rings is 2. The van der Waals surface area contributed by atoms with Crippen molar-refractivity contribution in [2.75, 3.05) is 18.9 Å². The molecule has 2 aromatic heterocycles. The second-order valence-electron chi connectivity index (χ2n) is 9.55. The van der Waals surface area contributed by atoms with Gasteiger partial charge in [-0.3, -0.25) is 19.0 Å². The highest BCUT2D eigenvalue weighted by Crippen LogP contribution is 2.35. The van der Waals surface area contributed by atoms with Crippen molar-refractivity contribution in [1.82, 2.24) is 14.7 Å². The first-order valence-electron chi connectivity index (χ1n) is 12.8. The summed E-state index contributed by atoms with van der Waals surface area (Å²) in [6, 6.07) is 14.6. The minimum Gasteiger partial charge on any atom is -0.496 e. The molecule has 0 aliphatic carbocycles. The Morgan fingerprint density at radius 2 is 1.76 bits per heavy atom. The summed E-state index contributed by atoms with van der Waals surface area (Å²) in [5, 5.41) is 21.1. The summed E-state index contributed by atoms with van der Waals surface area (Å²) in [5.41, 5.74) is 8.01. The van der Waals surface area contributed by atoms with Gasteiger partial charge in [0.1, 0.15) is 9.96 Å². The SMILES string of the molecule is COc1cccc2c1c(NS(=O)(=O)c1ccc(Cl)s1)nn2Cc1cccc(CN(C)C(=O)[C@@H](N)CC(=O)O)c1.O=C(O)C(F)(F)F. The third-order valence-corrected chi connectivity index (χ3v) is 9.14. The quantitative estimate of drug-likeness (QED) is 0.177. The maximum atomic E-state index is 13.0. The summed E-state index contributed by atoms with van der Waals surface area (Å²) >= 11 is 6.87. The van der Waals surface area contributed by atoms with E-state index in [9.17, 15) is 31.2 Å². The van der Waals surface area contributed by atoms with E-state index in [4.69, 9.17) is 37.1 Å². The second kappa shape index (κ2) is 14.8. The van der Waals surface area contributed by atoms with E-state index in [0.717, 1.165) is 22.5 Å². The van der Waals surface area contributed by atoms with Crippen LogP contribution in [0.1, 0.15) is 17.5 Å². The van der Waals surface area contributed by atoms with Crippen LogP contribution in [0.15, 0.2) is 58.8 Å². The number of likely N-dealkylation sites (N-methyl/N-ethyl adjacent to an activating group) is 1. The van der Waals surface area contributed by atoms with Crippen LogP contribution in [0, 0.1) is 0 Å². The summed E-state index contributed by atoms with van der Waals surface area (Å²) in [7, 11) is -0.891. The number of sulfonamides is 1. The number of nitrogens with zero attached hydrogens (tertiary/aromatic N) is 3. The number of aliphatic carboxylic acids is 2. The Morgan fingerprint density at radius 1 is 1.13 bits per heavy atom. The number of carboxylic acids is 2. The fraction of sp³-hybridized carbons (Fsp3) is 0.259. The van der Waals surface area contributed by atoms with Gasteiger partial charge in [-0.25, -0.2) is 13.2 Å². The maximum absolute atomic E-state index is 13.0. The van der Waals surface area contributed by atoms with Crippen LogP contribution in [0.2, 0.25) is 4.34 Å². The van der Waals surface area contributed by atoms with Crippen LogP contribution >= 0.6 is 22.9 Å². The predicted molar refractivity (Wildman–Crippen MR) is 162 cm³/mol. The van der Waals surface area contributed by atoms with Gasteiger partial charge in [0, 0.05) is 13.6 Å². The zero-order valence-electron chi connectivity index (χ0n) is 24.0. The first-order chi connectivity index (χ1) is 21.4. The third kappa shape index (κ3) is 9.32. The number of carbonyl (C=O) groups excluding carboxylic acids is 1. The van der Waals surface area contributed by atoms with E-state index in [1.165, 1.54) is 24.1 Å². The highest BCUT2D eigenvalue weighted by atomic mass is 35.5. The van der Waals surface area contributed by atoms with Gasteiger partial charge in [0.05, 0.1) is 41.4 Å². The van der Waals surface area contributed by atoms with Crippen molar-refractivity contribution in [3.8, 4) is 5.75 Å². The Labute approximate surface area is 269 Å². The summed E-state index contributed by atoms with van der Waals surface area (Å²) in [5.74, 6) is -3.81. The monoisotopic (exact) mass is 705 g/mol. The van der Waals surface area contributed by atoms with E-state index < -0.39 is 46.5 Å². The Kier molecular flexibility index (Phi) is 11.6. The number of anilines is 1. The number of carboxylic acid groups (broad SMARTS) is 2. The molecule has 1 amide bonds. The summed E-state index contributed by atoms with van der Waals surface area (Å²) < 4.78 is 67.9. The number of methoxy groups -OCH3 is 1. The van der Waals surface area contributed by atoms with E-state index in [2.05, 4.69) is 9.82 Å². The maximum Gasteiger partial charge on any atom is 0.490 e. The van der Waals surface area contributed by atoms with E-state index in [-0.39, 0.29) is 16.6 Å². The van der Waals surface area contributed by atoms with Crippen molar-refractivity contribution in [2.45, 2.75) is 35.9 Å². The standard InChI is InChI=1S/C25H26ClN5O6S2.C2HF3O2/c1-30(25(34)17(27)12-21(32)33)13-15-5-3-6-16(11-15)14-31-18-7-4-8-19(37-2)23(18)24(28-31)29-39(35,36)22-10-9-20(26)38-22;3-2(4,5)1(6)7/h3-11,17H,12-14,27H2,1-2H3,(H,28,29)(H,32,33);(H,6,7)/t17-;/m0./s1. The van der Waals surface area contributed by atoms with Crippen molar-refractivity contribution in [3.63, 3.8) is 0 Å². The molecule has 0 saturated heterocycles. The number of halogens is 4. The molecule has 4 aromatic rings. The normalized spacial score (nSPS) is 12.2. The zero-order chi connectivity index (χ0) is 34.4. The lowest BCUT2D eigenvalue weighted by Crippen LogP contribution is -2.42. The summed E-state index contributed by atoms with van der Waals surface area (Å²) in [6.45, 7) is 0.516. The highest BCUT2D eigenvalue weighted by Gasteiger charge is 2.38. The molecule has 0 aliphatic rings. The molecule has 0 saturated carbocycles. The van der Waals surface area contributed by atoms with Crippen molar-refractivity contribution in [2.24, 2.45) is 5.73 Å². The third-order valence-electron chi connectivity index (χ3n) is 6.08. The van der Waals surface area contributed by atoms with Gasteiger partial charge in [-0.2, -0.15) is 18.3 Å². The molecule has 2 aromatic carbocycles. The van der Waals surface area contributed by atoms with Gasteiger partial charge in [-0.15, -0.1) is 11.3 Å². The number of rotatable bonds is 11. The largest absolute Gasteiger partial charge is 0.496 e. The average molecular weight is 706 g/mol. The van der Waals surface area contributed by atoms with Crippen LogP contribution in [-0.4, -0.2) is 77.5 Å². The molecule has 1 atom stereocenters. The van der Waals surface area contributed by atoms with Crippen LogP contribution in [0.3, 0.4) is 0 Å². The van der Waals surface area contributed by atoms with Gasteiger partial charge in [0.25, 0.3) is 10.0 Å². The lowest BCUT2D eigenvalue weighted by atomic mass is 10.1. The Hall–Kier alpha value is -4.39. The number of thiophene rings is 1. The molecule has 5 N–H and O–H groups in total. The predicted octanol–water partition coefficient (Wildman–Crippen LogP) is 4.00. The zero-order valence-corrected chi connectivity index (χ0v) is 26.4. The van der Waals surface area contributed by atoms with E-state index >= 15 is 0 Å². The lowest BCUT2D eigenvalue weighted by molar-refractivity contribution is -0.192. The first kappa shape index (κ1) is 36.1. The minimum atomic E-state index is -5.08. The van der Waals surface area contributed by atoms with Crippen LogP contribution in [0.5, 0.6) is 5.75 Å². The molecule has 2 heterocycles. The number of alkyl halides is 3. The molecule has 13 nitrogen and oxygen atoms in total. The number of hydrogen-bond donors (Lipinski definition) is 4. The summed E-state index contributed by atoms with van der Waals surface area (Å²) in [4.78, 5) is 33.6. The van der Waals surface area contributed by atoms with Gasteiger partial charge < -0.3 is 25.6 Å². The second-order valence-corrected chi connectivity index (χ2v) is 13.2. The molecule has 19 heteroatoms. The molecule has 0 fully saturated rings. The van der Waals surface area contributed by atoms with Crippen LogP contribution in [-0.2, 0) is 37.5 Å². The van der Waals surface area contributed by atoms with Gasteiger partial charge in [-0.1, -0.05) is 41.9 Å². The highest BCUT2D eigenvalue weighted by molar-refractivity contribution is 7.94. The fourth-order valence-corrected chi connectivity index (χ4v) is 6.58. The van der Waals surface area contributed by atoms with Crippen molar-refractivity contribution in [3.05, 3.63) is 70.1 Å². The molecule has 4 rings (SSSR count). The fourth-order valence-electron chi connectivity index (χ4n) is 4.09. The molecular weight excluding hydrogens is 679 g/mol.